The summed E-state index contributed by atoms with van der Waals surface area (Å²) < 4.78 is 10.9. The molecule has 1 heterocycles. The zero-order valence-electron chi connectivity index (χ0n) is 13.7. The van der Waals surface area contributed by atoms with Crippen LogP contribution < -0.4 is 11.1 Å². The first-order valence-electron chi connectivity index (χ1n) is 8.50. The maximum absolute atomic E-state index is 12.0. The van der Waals surface area contributed by atoms with E-state index in [-0.39, 0.29) is 11.8 Å². The Labute approximate surface area is 138 Å². The number of hydrogen-bond donors (Lipinski definition) is 2. The van der Waals surface area contributed by atoms with E-state index >= 15 is 0 Å². The molecule has 23 heavy (non-hydrogen) atoms. The zero-order chi connectivity index (χ0) is 16.3. The number of carbonyl (C=O) groups excluding carboxylic acids is 1. The van der Waals surface area contributed by atoms with Crippen molar-refractivity contribution in [2.45, 2.75) is 31.7 Å². The van der Waals surface area contributed by atoms with E-state index in [0.29, 0.717) is 33.0 Å². The molecule has 128 valence electrons. The quantitative estimate of drug-likeness (QED) is 0.676. The highest BCUT2D eigenvalue weighted by atomic mass is 16.5. The highest BCUT2D eigenvalue weighted by Gasteiger charge is 2.26. The Morgan fingerprint density at radius 2 is 2.00 bits per heavy atom. The van der Waals surface area contributed by atoms with Crippen molar-refractivity contribution in [3.05, 3.63) is 35.9 Å². The van der Waals surface area contributed by atoms with Crippen LogP contribution in [-0.4, -0.2) is 44.9 Å². The molecule has 1 aromatic carbocycles. The Hall–Kier alpha value is -1.43. The van der Waals surface area contributed by atoms with Crippen LogP contribution in [0.4, 0.5) is 0 Å². The number of carbonyl (C=O) groups is 1. The Morgan fingerprint density at radius 1 is 1.26 bits per heavy atom. The fraction of sp³-hybridized carbons (Fsp3) is 0.611. The molecule has 2 rings (SSSR count). The fourth-order valence-electron chi connectivity index (χ4n) is 2.73. The lowest BCUT2D eigenvalue weighted by Gasteiger charge is -2.26. The molecule has 5 heteroatoms. The minimum absolute atomic E-state index is 0.0545. The molecule has 0 radical (unpaired) electrons. The Bertz CT molecular complexity index is 447. The van der Waals surface area contributed by atoms with Crippen molar-refractivity contribution in [1.82, 2.24) is 5.32 Å². The molecular weight excluding hydrogens is 292 g/mol. The minimum Gasteiger partial charge on any atom is -0.381 e. The largest absolute Gasteiger partial charge is 0.381 e. The summed E-state index contributed by atoms with van der Waals surface area (Å²) in [6.45, 7) is 3.39. The molecule has 1 aliphatic rings. The SMILES string of the molecule is NC(C(=O)NCCCOCCc1ccccc1)C1CCOCC1. The Kier molecular flexibility index (Phi) is 8.07. The second kappa shape index (κ2) is 10.4. The minimum atomic E-state index is -0.419. The van der Waals surface area contributed by atoms with E-state index in [0.717, 1.165) is 25.7 Å². The molecule has 0 aliphatic carbocycles. The van der Waals surface area contributed by atoms with Gasteiger partial charge in [0.15, 0.2) is 0 Å². The summed E-state index contributed by atoms with van der Waals surface area (Å²) >= 11 is 0. The highest BCUT2D eigenvalue weighted by molar-refractivity contribution is 5.81. The highest BCUT2D eigenvalue weighted by Crippen LogP contribution is 2.17. The van der Waals surface area contributed by atoms with Gasteiger partial charge in [-0.15, -0.1) is 0 Å². The van der Waals surface area contributed by atoms with Crippen molar-refractivity contribution in [3.8, 4) is 0 Å². The number of hydrogen-bond acceptors (Lipinski definition) is 4. The maximum Gasteiger partial charge on any atom is 0.237 e. The molecular formula is C18H28N2O3. The molecule has 0 spiro atoms. The average molecular weight is 320 g/mol. The van der Waals surface area contributed by atoms with E-state index in [1.165, 1.54) is 5.56 Å². The molecule has 1 aliphatic heterocycles. The Morgan fingerprint density at radius 3 is 2.74 bits per heavy atom. The molecule has 1 unspecified atom stereocenters. The number of amides is 1. The van der Waals surface area contributed by atoms with Crippen molar-refractivity contribution in [1.29, 1.82) is 0 Å². The average Bonchev–Trinajstić information content (AvgIpc) is 2.61. The van der Waals surface area contributed by atoms with Gasteiger partial charge in [-0.25, -0.2) is 0 Å². The lowest BCUT2D eigenvalue weighted by molar-refractivity contribution is -0.124. The van der Waals surface area contributed by atoms with E-state index < -0.39 is 6.04 Å². The predicted octanol–water partition coefficient (Wildman–Crippen LogP) is 1.51. The van der Waals surface area contributed by atoms with Crippen LogP contribution in [0.1, 0.15) is 24.8 Å². The molecule has 1 fully saturated rings. The lowest BCUT2D eigenvalue weighted by atomic mass is 9.92. The van der Waals surface area contributed by atoms with Gasteiger partial charge in [-0.2, -0.15) is 0 Å². The second-order valence-electron chi connectivity index (χ2n) is 5.97. The summed E-state index contributed by atoms with van der Waals surface area (Å²) in [7, 11) is 0. The van der Waals surface area contributed by atoms with E-state index in [1.54, 1.807) is 0 Å². The summed E-state index contributed by atoms with van der Waals surface area (Å²) in [6.07, 6.45) is 3.47. The Balaban J connectivity index is 1.49. The number of ether oxygens (including phenoxy) is 2. The van der Waals surface area contributed by atoms with Crippen molar-refractivity contribution in [3.63, 3.8) is 0 Å². The maximum atomic E-state index is 12.0. The second-order valence-corrected chi connectivity index (χ2v) is 5.97. The molecule has 1 saturated heterocycles. The predicted molar refractivity (Wildman–Crippen MR) is 90.1 cm³/mol. The molecule has 1 atom stereocenters. The van der Waals surface area contributed by atoms with Gasteiger partial charge in [0.25, 0.3) is 0 Å². The smallest absolute Gasteiger partial charge is 0.237 e. The zero-order valence-corrected chi connectivity index (χ0v) is 13.7. The summed E-state index contributed by atoms with van der Waals surface area (Å²) in [5.41, 5.74) is 7.30. The van der Waals surface area contributed by atoms with Crippen molar-refractivity contribution < 1.29 is 14.3 Å². The first kappa shape index (κ1) is 17.9. The van der Waals surface area contributed by atoms with Gasteiger partial charge in [-0.1, -0.05) is 30.3 Å². The topological polar surface area (TPSA) is 73.6 Å². The third kappa shape index (κ3) is 6.69. The van der Waals surface area contributed by atoms with Crippen LogP contribution in [0, 0.1) is 5.92 Å². The first-order chi connectivity index (χ1) is 11.3. The number of benzene rings is 1. The van der Waals surface area contributed by atoms with Gasteiger partial charge in [0.05, 0.1) is 12.6 Å². The van der Waals surface area contributed by atoms with Crippen LogP contribution in [0.5, 0.6) is 0 Å². The van der Waals surface area contributed by atoms with E-state index in [2.05, 4.69) is 17.4 Å². The van der Waals surface area contributed by atoms with Gasteiger partial charge < -0.3 is 20.5 Å². The molecule has 1 amide bonds. The lowest BCUT2D eigenvalue weighted by Crippen LogP contribution is -2.47. The molecule has 0 saturated carbocycles. The normalized spacial score (nSPS) is 16.9. The van der Waals surface area contributed by atoms with Gasteiger partial charge in [-0.05, 0) is 37.2 Å². The summed E-state index contributed by atoms with van der Waals surface area (Å²) in [4.78, 5) is 12.0. The number of nitrogens with two attached hydrogens (primary N) is 1. The van der Waals surface area contributed by atoms with E-state index in [4.69, 9.17) is 15.2 Å². The first-order valence-corrected chi connectivity index (χ1v) is 8.50. The van der Waals surface area contributed by atoms with Gasteiger partial charge in [0, 0.05) is 26.4 Å². The van der Waals surface area contributed by atoms with E-state index in [9.17, 15) is 4.79 Å². The standard InChI is InChI=1S/C18H28N2O3/c19-17(16-8-13-23-14-9-16)18(21)20-10-4-11-22-12-7-15-5-2-1-3-6-15/h1-3,5-6,16-17H,4,7-14,19H2,(H,20,21). The van der Waals surface area contributed by atoms with Crippen LogP contribution >= 0.6 is 0 Å². The van der Waals surface area contributed by atoms with Crippen molar-refractivity contribution in [2.75, 3.05) is 33.0 Å². The van der Waals surface area contributed by atoms with E-state index in [1.807, 2.05) is 18.2 Å². The summed E-state index contributed by atoms with van der Waals surface area (Å²) in [6, 6.07) is 9.86. The summed E-state index contributed by atoms with van der Waals surface area (Å²) in [5, 5.41) is 2.90. The van der Waals surface area contributed by atoms with Crippen LogP contribution in [0.15, 0.2) is 30.3 Å². The fourth-order valence-corrected chi connectivity index (χ4v) is 2.73. The van der Waals surface area contributed by atoms with Crippen LogP contribution in [0.3, 0.4) is 0 Å². The van der Waals surface area contributed by atoms with Gasteiger partial charge in [0.1, 0.15) is 0 Å². The third-order valence-corrected chi connectivity index (χ3v) is 4.22. The molecule has 1 aromatic rings. The van der Waals surface area contributed by atoms with Gasteiger partial charge >= 0.3 is 0 Å². The molecule has 3 N–H and O–H groups in total. The number of nitrogens with one attached hydrogen (secondary N) is 1. The van der Waals surface area contributed by atoms with Gasteiger partial charge in [-0.3, -0.25) is 4.79 Å². The van der Waals surface area contributed by atoms with Crippen molar-refractivity contribution in [2.24, 2.45) is 11.7 Å². The summed E-state index contributed by atoms with van der Waals surface area (Å²) in [5.74, 6) is 0.187. The molecule has 0 bridgehead atoms. The molecule has 0 aromatic heterocycles. The molecule has 5 nitrogen and oxygen atoms in total. The monoisotopic (exact) mass is 320 g/mol. The van der Waals surface area contributed by atoms with Crippen LogP contribution in [-0.2, 0) is 20.7 Å². The number of rotatable bonds is 9. The van der Waals surface area contributed by atoms with Crippen molar-refractivity contribution >= 4 is 5.91 Å². The van der Waals surface area contributed by atoms with Crippen LogP contribution in [0.2, 0.25) is 0 Å². The van der Waals surface area contributed by atoms with Crippen LogP contribution in [0.25, 0.3) is 0 Å². The third-order valence-electron chi connectivity index (χ3n) is 4.22. The van der Waals surface area contributed by atoms with Gasteiger partial charge in [0.2, 0.25) is 5.91 Å².